The molecule has 1 aromatic rings. The third-order valence-electron chi connectivity index (χ3n) is 4.90. The molecule has 0 spiro atoms. The van der Waals surface area contributed by atoms with Crippen molar-refractivity contribution in [2.24, 2.45) is 5.16 Å². The number of nitrogens with zero attached hydrogens (tertiary/aromatic N) is 3. The molecule has 2 atom stereocenters. The third-order valence-corrected chi connectivity index (χ3v) is 6.91. The number of hydrogen-bond acceptors (Lipinski definition) is 14. The zero-order valence-corrected chi connectivity index (χ0v) is 22.0. The normalized spacial score (nSPS) is 19.1. The van der Waals surface area contributed by atoms with E-state index in [0.29, 0.717) is 17.7 Å². The van der Waals surface area contributed by atoms with Crippen LogP contribution in [-0.2, 0) is 38.2 Å². The summed E-state index contributed by atoms with van der Waals surface area (Å²) >= 11 is 2.46. The average molecular weight is 558 g/mol. The number of carbonyl (C=O) groups excluding carboxylic acids is 4. The van der Waals surface area contributed by atoms with Crippen LogP contribution in [0.3, 0.4) is 0 Å². The number of thiazole rings is 1. The second kappa shape index (κ2) is 13.3. The number of β-lactam (4-membered cyclic amide) rings is 1. The summed E-state index contributed by atoms with van der Waals surface area (Å²) in [5.74, 6) is -1.77. The number of anilines is 1. The zero-order valence-electron chi connectivity index (χ0n) is 20.4. The molecule has 3 rings (SSSR count). The number of rotatable bonds is 12. The van der Waals surface area contributed by atoms with Gasteiger partial charge in [0, 0.05) is 18.2 Å². The monoisotopic (exact) mass is 557 g/mol. The van der Waals surface area contributed by atoms with Crippen LogP contribution in [0.2, 0.25) is 0 Å². The summed E-state index contributed by atoms with van der Waals surface area (Å²) in [6.07, 6.45) is -0.376. The maximum Gasteiger partial charge on any atom is 0.511 e. The van der Waals surface area contributed by atoms with Crippen LogP contribution >= 0.6 is 23.1 Å². The number of amides is 2. The lowest BCUT2D eigenvalue weighted by molar-refractivity contribution is -0.157. The van der Waals surface area contributed by atoms with E-state index in [9.17, 15) is 19.2 Å². The van der Waals surface area contributed by atoms with Crippen LogP contribution in [0.1, 0.15) is 26.0 Å². The standard InChI is InChI=1S/C21H27N5O9S2/c1-4-6-32-21(30)34-10-33-19(29)15-11(7-31-3)8-36-18-14(17(28)26(15)18)24-16(27)13(25-35-5-2)12-9-37-20(22)23-12/h9,14,18H,4-8,10H2,1-3H3,(H2,22,23)(H,24,27)/t14?,18-/m1/s1. The molecular formula is C21H27N5O9S2. The molecule has 202 valence electrons. The number of oxime groups is 1. The molecule has 0 aliphatic carbocycles. The van der Waals surface area contributed by atoms with Crippen molar-refractivity contribution in [1.29, 1.82) is 0 Å². The number of nitrogens with two attached hydrogens (primary N) is 1. The fraction of sp³-hybridized carbons (Fsp3) is 0.524. The highest BCUT2D eigenvalue weighted by Gasteiger charge is 2.54. The van der Waals surface area contributed by atoms with Crippen molar-refractivity contribution >= 4 is 57.9 Å². The molecular weight excluding hydrogens is 530 g/mol. The van der Waals surface area contributed by atoms with Crippen molar-refractivity contribution in [3.63, 3.8) is 0 Å². The van der Waals surface area contributed by atoms with Gasteiger partial charge in [-0.1, -0.05) is 12.1 Å². The van der Waals surface area contributed by atoms with E-state index in [0.717, 1.165) is 11.3 Å². The number of methoxy groups -OCH3 is 1. The molecule has 14 nitrogen and oxygen atoms in total. The lowest BCUT2D eigenvalue weighted by Gasteiger charge is -2.49. The summed E-state index contributed by atoms with van der Waals surface area (Å²) in [5.41, 5.74) is 6.23. The second-order valence-electron chi connectivity index (χ2n) is 7.47. The Labute approximate surface area is 220 Å². The molecule has 3 N–H and O–H groups in total. The second-order valence-corrected chi connectivity index (χ2v) is 9.46. The number of esters is 1. The molecule has 1 saturated heterocycles. The minimum Gasteiger partial charge on any atom is -0.434 e. The summed E-state index contributed by atoms with van der Waals surface area (Å²) < 4.78 is 19.7. The molecule has 16 heteroatoms. The molecule has 3 heterocycles. The third kappa shape index (κ3) is 6.69. The van der Waals surface area contributed by atoms with Crippen molar-refractivity contribution in [2.75, 3.05) is 45.2 Å². The van der Waals surface area contributed by atoms with Gasteiger partial charge in [0.25, 0.3) is 11.8 Å². The Morgan fingerprint density at radius 3 is 2.70 bits per heavy atom. The number of ether oxygens (including phenoxy) is 4. The SMILES string of the molecule is CCCOC(=O)OCOC(=O)C1=C(COC)CS[C@@H]2C(NC(=O)C(=NOCC)c3csc(N)n3)C(=O)N12. The van der Waals surface area contributed by atoms with E-state index < -0.39 is 42.1 Å². The largest absolute Gasteiger partial charge is 0.511 e. The molecule has 37 heavy (non-hydrogen) atoms. The van der Waals surface area contributed by atoms with Gasteiger partial charge in [-0.25, -0.2) is 14.6 Å². The Bertz CT molecular complexity index is 1090. The molecule has 2 aliphatic heterocycles. The molecule has 1 aromatic heterocycles. The van der Waals surface area contributed by atoms with Gasteiger partial charge in [-0.05, 0) is 18.9 Å². The van der Waals surface area contributed by atoms with E-state index in [2.05, 4.69) is 15.5 Å². The predicted octanol–water partition coefficient (Wildman–Crippen LogP) is 0.830. The zero-order chi connectivity index (χ0) is 26.9. The van der Waals surface area contributed by atoms with Gasteiger partial charge in [0.2, 0.25) is 6.79 Å². The van der Waals surface area contributed by atoms with Crippen LogP contribution < -0.4 is 11.1 Å². The van der Waals surface area contributed by atoms with Crippen LogP contribution in [0, 0.1) is 0 Å². The molecule has 0 saturated carbocycles. The van der Waals surface area contributed by atoms with Crippen LogP contribution in [0.25, 0.3) is 0 Å². The average Bonchev–Trinajstić information content (AvgIpc) is 3.31. The van der Waals surface area contributed by atoms with Crippen LogP contribution in [-0.4, -0.2) is 90.4 Å². The van der Waals surface area contributed by atoms with Crippen molar-refractivity contribution in [3.05, 3.63) is 22.3 Å². The lowest BCUT2D eigenvalue weighted by atomic mass is 10.0. The Morgan fingerprint density at radius 1 is 1.27 bits per heavy atom. The molecule has 1 fully saturated rings. The minimum absolute atomic E-state index is 0.0258. The lowest BCUT2D eigenvalue weighted by Crippen LogP contribution is -2.71. The van der Waals surface area contributed by atoms with E-state index in [-0.39, 0.29) is 42.1 Å². The fourth-order valence-corrected chi connectivity index (χ4v) is 5.20. The number of nitrogens with one attached hydrogen (secondary N) is 1. The van der Waals surface area contributed by atoms with Crippen molar-refractivity contribution in [1.82, 2.24) is 15.2 Å². The molecule has 0 aromatic carbocycles. The smallest absolute Gasteiger partial charge is 0.434 e. The van der Waals surface area contributed by atoms with E-state index >= 15 is 0 Å². The minimum atomic E-state index is -0.980. The van der Waals surface area contributed by atoms with Gasteiger partial charge in [-0.15, -0.1) is 23.1 Å². The summed E-state index contributed by atoms with van der Waals surface area (Å²) in [4.78, 5) is 60.7. The van der Waals surface area contributed by atoms with Gasteiger partial charge < -0.3 is 34.8 Å². The highest BCUT2D eigenvalue weighted by atomic mass is 32.2. The number of thioether (sulfide) groups is 1. The number of hydrogen-bond donors (Lipinski definition) is 2. The first-order valence-electron chi connectivity index (χ1n) is 11.2. The summed E-state index contributed by atoms with van der Waals surface area (Å²) in [5, 5.41) is 7.65. The van der Waals surface area contributed by atoms with Gasteiger partial charge in [0.05, 0.1) is 13.2 Å². The van der Waals surface area contributed by atoms with Crippen molar-refractivity contribution < 1.29 is 43.0 Å². The first-order valence-corrected chi connectivity index (χ1v) is 13.1. The van der Waals surface area contributed by atoms with E-state index in [1.807, 2.05) is 6.92 Å². The quantitative estimate of drug-likeness (QED) is 0.122. The van der Waals surface area contributed by atoms with E-state index in [1.54, 1.807) is 12.3 Å². The van der Waals surface area contributed by atoms with Gasteiger partial charge in [-0.3, -0.25) is 14.5 Å². The van der Waals surface area contributed by atoms with Crippen molar-refractivity contribution in [2.45, 2.75) is 31.7 Å². The number of fused-ring (bicyclic) bond motifs is 1. The van der Waals surface area contributed by atoms with E-state index in [1.165, 1.54) is 23.8 Å². The van der Waals surface area contributed by atoms with Crippen molar-refractivity contribution in [3.8, 4) is 0 Å². The predicted molar refractivity (Wildman–Crippen MR) is 132 cm³/mol. The molecule has 2 amide bonds. The molecule has 0 radical (unpaired) electrons. The highest BCUT2D eigenvalue weighted by Crippen LogP contribution is 2.40. The fourth-order valence-electron chi connectivity index (χ4n) is 3.32. The maximum absolute atomic E-state index is 13.1. The Balaban J connectivity index is 1.70. The Hall–Kier alpha value is -3.37. The van der Waals surface area contributed by atoms with Gasteiger partial charge in [0.1, 0.15) is 29.4 Å². The van der Waals surface area contributed by atoms with Gasteiger partial charge >= 0.3 is 12.1 Å². The first-order chi connectivity index (χ1) is 17.8. The Morgan fingerprint density at radius 2 is 2.05 bits per heavy atom. The van der Waals surface area contributed by atoms with Crippen LogP contribution in [0.5, 0.6) is 0 Å². The van der Waals surface area contributed by atoms with Gasteiger partial charge in [-0.2, -0.15) is 0 Å². The Kier molecular flexibility index (Phi) is 10.1. The topological polar surface area (TPSA) is 181 Å². The summed E-state index contributed by atoms with van der Waals surface area (Å²) in [6.45, 7) is 3.26. The first kappa shape index (κ1) is 28.2. The summed E-state index contributed by atoms with van der Waals surface area (Å²) in [6, 6.07) is -0.951. The molecule has 0 bridgehead atoms. The highest BCUT2D eigenvalue weighted by molar-refractivity contribution is 8.00. The number of aromatic nitrogens is 1. The molecule has 1 unspecified atom stereocenters. The van der Waals surface area contributed by atoms with Gasteiger partial charge in [0.15, 0.2) is 10.8 Å². The number of nitrogen functional groups attached to an aromatic ring is 1. The van der Waals surface area contributed by atoms with Crippen LogP contribution in [0.15, 0.2) is 21.8 Å². The number of carbonyl (C=O) groups is 4. The molecule has 2 aliphatic rings. The van der Waals surface area contributed by atoms with Crippen LogP contribution in [0.4, 0.5) is 9.93 Å². The summed E-state index contributed by atoms with van der Waals surface area (Å²) in [7, 11) is 1.45. The van der Waals surface area contributed by atoms with E-state index in [4.69, 9.17) is 29.5 Å². The maximum atomic E-state index is 13.1.